The fourth-order valence-electron chi connectivity index (χ4n) is 6.84. The Labute approximate surface area is 216 Å². The van der Waals surface area contributed by atoms with Crippen molar-refractivity contribution in [3.63, 3.8) is 0 Å². The van der Waals surface area contributed by atoms with Crippen LogP contribution in [0.1, 0.15) is 48.6 Å². The molecule has 2 aliphatic rings. The molecule has 0 bridgehead atoms. The highest BCUT2D eigenvalue weighted by atomic mass is 14.7. The Hall–Kier alpha value is -4.30. The molecule has 2 heteroatoms. The maximum atomic E-state index is 5.02. The van der Waals surface area contributed by atoms with Gasteiger partial charge in [-0.1, -0.05) is 87.5 Å². The number of benzene rings is 4. The van der Waals surface area contributed by atoms with E-state index in [1.807, 2.05) is 18.5 Å². The summed E-state index contributed by atoms with van der Waals surface area (Å²) >= 11 is 0. The molecule has 0 saturated heterocycles. The third kappa shape index (κ3) is 2.55. The molecule has 1 spiro atoms. The van der Waals surface area contributed by atoms with E-state index in [1.54, 1.807) is 0 Å². The molecule has 2 nitrogen and oxygen atoms in total. The molecule has 4 aromatic carbocycles. The first-order valence-electron chi connectivity index (χ1n) is 13.0. The van der Waals surface area contributed by atoms with Gasteiger partial charge in [-0.15, -0.1) is 0 Å². The van der Waals surface area contributed by atoms with E-state index in [4.69, 9.17) is 9.97 Å². The largest absolute Gasteiger partial charge is 0.256 e. The van der Waals surface area contributed by atoms with Gasteiger partial charge in [-0.05, 0) is 74.0 Å². The van der Waals surface area contributed by atoms with E-state index in [1.165, 1.54) is 55.3 Å². The molecule has 2 heterocycles. The lowest BCUT2D eigenvalue weighted by molar-refractivity contribution is 0.588. The molecule has 176 valence electrons. The summed E-state index contributed by atoms with van der Waals surface area (Å²) < 4.78 is 0. The number of hydrogen-bond donors (Lipinski definition) is 0. The van der Waals surface area contributed by atoms with Gasteiger partial charge in [0.1, 0.15) is 0 Å². The predicted octanol–water partition coefficient (Wildman–Crippen LogP) is 8.42. The van der Waals surface area contributed by atoms with Crippen LogP contribution in [0.25, 0.3) is 44.1 Å². The van der Waals surface area contributed by atoms with E-state index in [0.29, 0.717) is 0 Å². The zero-order valence-electron chi connectivity index (χ0n) is 21.2. The predicted molar refractivity (Wildman–Crippen MR) is 152 cm³/mol. The smallest absolute Gasteiger partial charge is 0.0787 e. The van der Waals surface area contributed by atoms with Gasteiger partial charge in [0.2, 0.25) is 0 Å². The van der Waals surface area contributed by atoms with E-state index in [0.717, 1.165) is 16.6 Å². The molecule has 0 aliphatic heterocycles. The number of hydrogen-bond acceptors (Lipinski definition) is 2. The molecule has 0 atom stereocenters. The van der Waals surface area contributed by atoms with Gasteiger partial charge in [-0.2, -0.15) is 0 Å². The van der Waals surface area contributed by atoms with Gasteiger partial charge in [0.15, 0.2) is 0 Å². The number of fused-ring (bicyclic) bond motifs is 10. The number of rotatable bonds is 0. The monoisotopic (exact) mass is 474 g/mol. The minimum atomic E-state index is -0.428. The van der Waals surface area contributed by atoms with Gasteiger partial charge in [0, 0.05) is 28.7 Å². The van der Waals surface area contributed by atoms with Gasteiger partial charge >= 0.3 is 0 Å². The molecule has 0 unspecified atom stereocenters. The number of pyridine rings is 2. The Morgan fingerprint density at radius 3 is 2.03 bits per heavy atom. The normalized spacial score (nSPS) is 14.6. The summed E-state index contributed by atoms with van der Waals surface area (Å²) in [6.45, 7) is 6.92. The highest BCUT2D eigenvalue weighted by molar-refractivity contribution is 6.07. The van der Waals surface area contributed by atoms with Crippen molar-refractivity contribution in [2.45, 2.75) is 31.6 Å². The minimum absolute atomic E-state index is 0.0144. The van der Waals surface area contributed by atoms with E-state index >= 15 is 0 Å². The fourth-order valence-corrected chi connectivity index (χ4v) is 6.84. The summed E-state index contributed by atoms with van der Waals surface area (Å²) in [5.41, 5.74) is 12.1. The maximum Gasteiger partial charge on any atom is 0.0787 e. The average Bonchev–Trinajstić information content (AvgIpc) is 3.21. The number of aromatic nitrogens is 2. The topological polar surface area (TPSA) is 25.8 Å². The fraction of sp³-hybridized carbons (Fsp3) is 0.143. The first-order valence-corrected chi connectivity index (χ1v) is 13.0. The van der Waals surface area contributed by atoms with Crippen LogP contribution >= 0.6 is 0 Å². The van der Waals surface area contributed by atoms with Crippen LogP contribution in [0, 0.1) is 0 Å². The van der Waals surface area contributed by atoms with Crippen molar-refractivity contribution in [3.05, 3.63) is 131 Å². The summed E-state index contributed by atoms with van der Waals surface area (Å²) in [5, 5.41) is 3.66. The lowest BCUT2D eigenvalue weighted by Crippen LogP contribution is -2.32. The summed E-state index contributed by atoms with van der Waals surface area (Å²) in [4.78, 5) is 9.75. The maximum absolute atomic E-state index is 5.02. The molecule has 37 heavy (non-hydrogen) atoms. The molecule has 8 rings (SSSR count). The van der Waals surface area contributed by atoms with Gasteiger partial charge < -0.3 is 0 Å². The Balaban J connectivity index is 1.67. The Morgan fingerprint density at radius 2 is 1.30 bits per heavy atom. The van der Waals surface area contributed by atoms with Gasteiger partial charge in [0.05, 0.1) is 16.6 Å². The van der Waals surface area contributed by atoms with Crippen molar-refractivity contribution in [2.75, 3.05) is 0 Å². The highest BCUT2D eigenvalue weighted by Gasteiger charge is 2.50. The zero-order valence-corrected chi connectivity index (χ0v) is 21.2. The second-order valence-electron chi connectivity index (χ2n) is 11.5. The summed E-state index contributed by atoms with van der Waals surface area (Å²) in [7, 11) is 0. The molecule has 0 fully saturated rings. The van der Waals surface area contributed by atoms with Crippen molar-refractivity contribution < 1.29 is 0 Å². The first kappa shape index (κ1) is 20.8. The van der Waals surface area contributed by atoms with Crippen molar-refractivity contribution in [1.82, 2.24) is 9.97 Å². The summed E-state index contributed by atoms with van der Waals surface area (Å²) in [5.74, 6) is 0. The Bertz CT molecular complexity index is 1880. The van der Waals surface area contributed by atoms with Crippen LogP contribution in [0.4, 0.5) is 0 Å². The molecular weight excluding hydrogens is 448 g/mol. The molecular formula is C35H26N2. The van der Waals surface area contributed by atoms with Gasteiger partial charge in [0.25, 0.3) is 0 Å². The lowest BCUT2D eigenvalue weighted by Gasteiger charge is -2.40. The van der Waals surface area contributed by atoms with Crippen molar-refractivity contribution in [3.8, 4) is 22.4 Å². The van der Waals surface area contributed by atoms with Crippen molar-refractivity contribution >= 4 is 21.7 Å². The van der Waals surface area contributed by atoms with E-state index in [-0.39, 0.29) is 5.41 Å². The summed E-state index contributed by atoms with van der Waals surface area (Å²) in [6.07, 6.45) is 3.85. The van der Waals surface area contributed by atoms with Crippen molar-refractivity contribution in [1.29, 1.82) is 0 Å². The quantitative estimate of drug-likeness (QED) is 0.220. The Morgan fingerprint density at radius 1 is 0.568 bits per heavy atom. The standard InChI is InChI=1S/C35H26N2/c1-34(2,3)23-17-22-14-16-37-33-26-20-31-21(9-8-15-36-31)18-29(26)35(30(19-23)32(22)33)27-12-6-4-10-24(27)25-11-5-7-13-28(25)35/h4-20H,1-3H3. The van der Waals surface area contributed by atoms with Gasteiger partial charge in [-0.25, -0.2) is 0 Å². The van der Waals surface area contributed by atoms with E-state index < -0.39 is 5.41 Å². The lowest BCUT2D eigenvalue weighted by atomic mass is 9.61. The van der Waals surface area contributed by atoms with E-state index in [9.17, 15) is 0 Å². The highest BCUT2D eigenvalue weighted by Crippen LogP contribution is 2.62. The van der Waals surface area contributed by atoms with Crippen molar-refractivity contribution in [2.24, 2.45) is 0 Å². The zero-order chi connectivity index (χ0) is 24.9. The van der Waals surface area contributed by atoms with Crippen LogP contribution in [0.15, 0.2) is 103 Å². The minimum Gasteiger partial charge on any atom is -0.256 e. The number of nitrogens with zero attached hydrogens (tertiary/aromatic N) is 2. The molecule has 2 aromatic heterocycles. The molecule has 6 aromatic rings. The van der Waals surface area contributed by atoms with Crippen LogP contribution in [0.3, 0.4) is 0 Å². The SMILES string of the molecule is CC(C)(C)c1cc2c3c(nccc3c1)-c1cc3ncccc3cc1C21c2ccccc2-c2ccccc21. The van der Waals surface area contributed by atoms with Crippen LogP contribution in [0.2, 0.25) is 0 Å². The van der Waals surface area contributed by atoms with E-state index in [2.05, 4.69) is 106 Å². The third-order valence-electron chi connectivity index (χ3n) is 8.49. The molecule has 2 aliphatic carbocycles. The molecule has 0 amide bonds. The van der Waals surface area contributed by atoms with Crippen LogP contribution in [-0.2, 0) is 10.8 Å². The first-order chi connectivity index (χ1) is 18.0. The molecule has 0 N–H and O–H groups in total. The Kier molecular flexibility index (Phi) is 3.90. The second-order valence-corrected chi connectivity index (χ2v) is 11.5. The van der Waals surface area contributed by atoms with Crippen LogP contribution in [0.5, 0.6) is 0 Å². The van der Waals surface area contributed by atoms with Crippen LogP contribution < -0.4 is 0 Å². The third-order valence-corrected chi connectivity index (χ3v) is 8.49. The van der Waals surface area contributed by atoms with Gasteiger partial charge in [-0.3, -0.25) is 9.97 Å². The second kappa shape index (κ2) is 6.92. The van der Waals surface area contributed by atoms with Crippen LogP contribution in [-0.4, -0.2) is 9.97 Å². The molecule has 0 radical (unpaired) electrons. The summed E-state index contributed by atoms with van der Waals surface area (Å²) in [6, 6.07) is 33.8. The molecule has 0 saturated carbocycles. The average molecular weight is 475 g/mol.